The fraction of sp³-hybridized carbons (Fsp3) is 0.310. The molecule has 1 aliphatic rings. The minimum absolute atomic E-state index is 0.0205. The summed E-state index contributed by atoms with van der Waals surface area (Å²) in [7, 11) is 0. The molecule has 1 fully saturated rings. The standard InChI is InChI=1S/C29H29F3O2/c1-2-34-27-16-9-20(17-26(27)30)4-3-19-5-10-22(11-6-19)24-14-15-25(29(32)28(24)31)23-12-7-21(18-33)8-13-23/h3-4,7-9,12-17,19,22,33H,2,5-6,10-11,18H2,1H3/b4-3+. The van der Waals surface area contributed by atoms with Crippen LogP contribution in [0.25, 0.3) is 17.2 Å². The molecule has 3 aromatic rings. The van der Waals surface area contributed by atoms with Crippen LogP contribution in [-0.2, 0) is 6.61 Å². The van der Waals surface area contributed by atoms with Crippen molar-refractivity contribution in [1.29, 1.82) is 0 Å². The van der Waals surface area contributed by atoms with E-state index in [1.165, 1.54) is 6.07 Å². The molecule has 5 heteroatoms. The average molecular weight is 467 g/mol. The SMILES string of the molecule is CCOc1ccc(/C=C/C2CCC(c3ccc(-c4ccc(CO)cc4)c(F)c3F)CC2)cc1F. The minimum Gasteiger partial charge on any atom is -0.491 e. The smallest absolute Gasteiger partial charge is 0.166 e. The lowest BCUT2D eigenvalue weighted by Gasteiger charge is -2.27. The molecule has 0 spiro atoms. The van der Waals surface area contributed by atoms with Crippen molar-refractivity contribution in [3.05, 3.63) is 94.8 Å². The normalized spacial score (nSPS) is 18.4. The van der Waals surface area contributed by atoms with Crippen LogP contribution in [0.15, 0.2) is 60.7 Å². The third kappa shape index (κ3) is 5.36. The van der Waals surface area contributed by atoms with Gasteiger partial charge in [-0.15, -0.1) is 0 Å². The van der Waals surface area contributed by atoms with Gasteiger partial charge in [-0.1, -0.05) is 54.6 Å². The van der Waals surface area contributed by atoms with Crippen LogP contribution in [0.5, 0.6) is 5.75 Å². The molecular weight excluding hydrogens is 437 g/mol. The lowest BCUT2D eigenvalue weighted by atomic mass is 9.78. The molecule has 178 valence electrons. The van der Waals surface area contributed by atoms with Crippen molar-refractivity contribution < 1.29 is 23.0 Å². The van der Waals surface area contributed by atoms with Gasteiger partial charge in [0.15, 0.2) is 23.2 Å². The average Bonchev–Trinajstić information content (AvgIpc) is 2.86. The number of hydrogen-bond acceptors (Lipinski definition) is 2. The maximum absolute atomic E-state index is 15.0. The van der Waals surface area contributed by atoms with Crippen molar-refractivity contribution >= 4 is 6.08 Å². The van der Waals surface area contributed by atoms with E-state index in [9.17, 15) is 13.2 Å². The van der Waals surface area contributed by atoms with Gasteiger partial charge in [-0.05, 0) is 78.8 Å². The molecule has 3 aromatic carbocycles. The molecule has 4 rings (SSSR count). The molecule has 2 nitrogen and oxygen atoms in total. The largest absolute Gasteiger partial charge is 0.491 e. The van der Waals surface area contributed by atoms with Crippen LogP contribution in [0.3, 0.4) is 0 Å². The van der Waals surface area contributed by atoms with E-state index in [0.717, 1.165) is 36.8 Å². The van der Waals surface area contributed by atoms with Gasteiger partial charge < -0.3 is 9.84 Å². The first kappa shape index (κ1) is 24.1. The van der Waals surface area contributed by atoms with Gasteiger partial charge in [-0.3, -0.25) is 0 Å². The van der Waals surface area contributed by atoms with Gasteiger partial charge in [-0.25, -0.2) is 13.2 Å². The molecule has 0 amide bonds. The first-order chi connectivity index (χ1) is 16.5. The second-order valence-electron chi connectivity index (χ2n) is 8.78. The number of benzene rings is 3. The Bertz CT molecular complexity index is 1150. The molecule has 0 aromatic heterocycles. The van der Waals surface area contributed by atoms with E-state index in [1.807, 2.05) is 19.1 Å². The van der Waals surface area contributed by atoms with Crippen LogP contribution in [-0.4, -0.2) is 11.7 Å². The molecule has 0 bridgehead atoms. The molecule has 0 saturated heterocycles. The van der Waals surface area contributed by atoms with Crippen LogP contribution in [0.2, 0.25) is 0 Å². The zero-order valence-corrected chi connectivity index (χ0v) is 19.2. The number of allylic oxidation sites excluding steroid dienone is 1. The third-order valence-corrected chi connectivity index (χ3v) is 6.59. The predicted molar refractivity (Wildman–Crippen MR) is 129 cm³/mol. The van der Waals surface area contributed by atoms with E-state index in [-0.39, 0.29) is 29.7 Å². The summed E-state index contributed by atoms with van der Waals surface area (Å²) in [6.45, 7) is 2.14. The van der Waals surface area contributed by atoms with Crippen molar-refractivity contribution in [2.45, 2.75) is 45.1 Å². The molecule has 1 N–H and O–H groups in total. The van der Waals surface area contributed by atoms with Crippen LogP contribution in [0.1, 0.15) is 55.2 Å². The van der Waals surface area contributed by atoms with Crippen molar-refractivity contribution in [2.75, 3.05) is 6.61 Å². The lowest BCUT2D eigenvalue weighted by molar-refractivity contribution is 0.282. The highest BCUT2D eigenvalue weighted by atomic mass is 19.2. The van der Waals surface area contributed by atoms with E-state index >= 15 is 0 Å². The summed E-state index contributed by atoms with van der Waals surface area (Å²) in [6.07, 6.45) is 7.28. The van der Waals surface area contributed by atoms with Crippen molar-refractivity contribution in [2.24, 2.45) is 5.92 Å². The Kier molecular flexibility index (Phi) is 7.73. The van der Waals surface area contributed by atoms with Crippen molar-refractivity contribution in [3.63, 3.8) is 0 Å². The monoisotopic (exact) mass is 466 g/mol. The number of aliphatic hydroxyl groups is 1. The van der Waals surface area contributed by atoms with Gasteiger partial charge in [0.1, 0.15) is 0 Å². The Morgan fingerprint density at radius 1 is 0.912 bits per heavy atom. The minimum atomic E-state index is -0.825. The molecule has 0 atom stereocenters. The fourth-order valence-electron chi connectivity index (χ4n) is 4.66. The molecule has 0 radical (unpaired) electrons. The Balaban J connectivity index is 1.40. The van der Waals surface area contributed by atoms with E-state index in [0.29, 0.717) is 23.7 Å². The Morgan fingerprint density at radius 3 is 2.29 bits per heavy atom. The number of hydrogen-bond donors (Lipinski definition) is 1. The second kappa shape index (κ2) is 10.9. The predicted octanol–water partition coefficient (Wildman–Crippen LogP) is 7.65. The van der Waals surface area contributed by atoms with Crippen molar-refractivity contribution in [1.82, 2.24) is 0 Å². The summed E-state index contributed by atoms with van der Waals surface area (Å²) in [5, 5.41) is 9.17. The quantitative estimate of drug-likeness (QED) is 0.388. The zero-order valence-electron chi connectivity index (χ0n) is 19.2. The molecule has 1 saturated carbocycles. The maximum Gasteiger partial charge on any atom is 0.166 e. The molecule has 0 heterocycles. The highest BCUT2D eigenvalue weighted by Crippen LogP contribution is 2.39. The van der Waals surface area contributed by atoms with E-state index in [2.05, 4.69) is 6.08 Å². The molecule has 34 heavy (non-hydrogen) atoms. The number of halogens is 3. The van der Waals surface area contributed by atoms with E-state index in [1.54, 1.807) is 42.5 Å². The molecular formula is C29H29F3O2. The highest BCUT2D eigenvalue weighted by Gasteiger charge is 2.25. The topological polar surface area (TPSA) is 29.5 Å². The third-order valence-electron chi connectivity index (χ3n) is 6.59. The number of rotatable bonds is 7. The van der Waals surface area contributed by atoms with Gasteiger partial charge >= 0.3 is 0 Å². The Hall–Kier alpha value is -3.05. The highest BCUT2D eigenvalue weighted by molar-refractivity contribution is 5.65. The fourth-order valence-corrected chi connectivity index (χ4v) is 4.66. The van der Waals surface area contributed by atoms with Gasteiger partial charge in [0, 0.05) is 5.56 Å². The van der Waals surface area contributed by atoms with Gasteiger partial charge in [0.05, 0.1) is 13.2 Å². The first-order valence-electron chi connectivity index (χ1n) is 11.8. The number of ether oxygens (including phenoxy) is 1. The van der Waals surface area contributed by atoms with Gasteiger partial charge in [0.2, 0.25) is 0 Å². The van der Waals surface area contributed by atoms with Crippen LogP contribution in [0.4, 0.5) is 13.2 Å². The van der Waals surface area contributed by atoms with Crippen LogP contribution < -0.4 is 4.74 Å². The summed E-state index contributed by atoms with van der Waals surface area (Å²) < 4.78 is 49.2. The summed E-state index contributed by atoms with van der Waals surface area (Å²) in [5.74, 6) is -1.42. The lowest BCUT2D eigenvalue weighted by Crippen LogP contribution is -2.13. The molecule has 1 aliphatic carbocycles. The van der Waals surface area contributed by atoms with Gasteiger partial charge in [-0.2, -0.15) is 0 Å². The second-order valence-corrected chi connectivity index (χ2v) is 8.78. The zero-order chi connectivity index (χ0) is 24.1. The summed E-state index contributed by atoms with van der Waals surface area (Å²) in [4.78, 5) is 0. The first-order valence-corrected chi connectivity index (χ1v) is 11.8. The van der Waals surface area contributed by atoms with Crippen molar-refractivity contribution in [3.8, 4) is 16.9 Å². The van der Waals surface area contributed by atoms with Crippen LogP contribution in [0, 0.1) is 23.4 Å². The van der Waals surface area contributed by atoms with E-state index < -0.39 is 11.6 Å². The molecule has 0 unspecified atom stereocenters. The summed E-state index contributed by atoms with van der Waals surface area (Å²) in [5.41, 5.74) is 2.74. The number of aliphatic hydroxyl groups excluding tert-OH is 1. The Labute approximate surface area is 198 Å². The van der Waals surface area contributed by atoms with E-state index in [4.69, 9.17) is 9.84 Å². The Morgan fingerprint density at radius 2 is 1.65 bits per heavy atom. The van der Waals surface area contributed by atoms with Crippen LogP contribution >= 0.6 is 0 Å². The maximum atomic E-state index is 15.0. The van der Waals surface area contributed by atoms with Gasteiger partial charge in [0.25, 0.3) is 0 Å². The molecule has 0 aliphatic heterocycles. The summed E-state index contributed by atoms with van der Waals surface area (Å²) in [6, 6.07) is 15.1. The summed E-state index contributed by atoms with van der Waals surface area (Å²) >= 11 is 0.